The minimum absolute atomic E-state index is 0.0841. The molecule has 1 aliphatic carbocycles. The van der Waals surface area contributed by atoms with E-state index in [1.165, 1.54) is 11.3 Å². The molecule has 7 heteroatoms. The Labute approximate surface area is 151 Å². The van der Waals surface area contributed by atoms with Gasteiger partial charge in [0.2, 0.25) is 5.91 Å². The maximum absolute atomic E-state index is 12.9. The number of thiophene rings is 1. The van der Waals surface area contributed by atoms with Crippen molar-refractivity contribution in [1.29, 1.82) is 0 Å². The van der Waals surface area contributed by atoms with Gasteiger partial charge in [-0.05, 0) is 36.4 Å². The number of hydrogen-bond acceptors (Lipinski definition) is 4. The van der Waals surface area contributed by atoms with Crippen molar-refractivity contribution < 1.29 is 9.59 Å². The molecule has 0 unspecified atom stereocenters. The van der Waals surface area contributed by atoms with Crippen LogP contribution < -0.4 is 5.32 Å². The van der Waals surface area contributed by atoms with E-state index in [0.717, 1.165) is 36.5 Å². The Hall–Kier alpha value is -2.12. The van der Waals surface area contributed by atoms with Gasteiger partial charge in [-0.1, -0.05) is 0 Å². The van der Waals surface area contributed by atoms with E-state index in [0.29, 0.717) is 25.7 Å². The topological polar surface area (TPSA) is 57.6 Å². The average Bonchev–Trinajstić information content (AvgIpc) is 3.09. The molecule has 0 spiro atoms. The van der Waals surface area contributed by atoms with Crippen molar-refractivity contribution in [3.05, 3.63) is 40.8 Å². The minimum Gasteiger partial charge on any atom is -0.352 e. The van der Waals surface area contributed by atoms with Crippen LogP contribution in [0.25, 0.3) is 5.69 Å². The molecule has 1 aliphatic heterocycles. The van der Waals surface area contributed by atoms with E-state index in [9.17, 15) is 9.59 Å². The molecular weight excluding hydrogens is 336 g/mol. The molecule has 0 bridgehead atoms. The van der Waals surface area contributed by atoms with Gasteiger partial charge in [0.25, 0.3) is 5.91 Å². The lowest BCUT2D eigenvalue weighted by Gasteiger charge is -2.34. The summed E-state index contributed by atoms with van der Waals surface area (Å²) in [6.07, 6.45) is 6.13. The van der Waals surface area contributed by atoms with Crippen molar-refractivity contribution in [2.24, 2.45) is 0 Å². The van der Waals surface area contributed by atoms with E-state index < -0.39 is 0 Å². The molecule has 132 valence electrons. The highest BCUT2D eigenvalue weighted by atomic mass is 32.1. The van der Waals surface area contributed by atoms with Crippen LogP contribution in [0.15, 0.2) is 36.0 Å². The summed E-state index contributed by atoms with van der Waals surface area (Å²) in [7, 11) is 0. The number of carbonyl (C=O) groups is 2. The van der Waals surface area contributed by atoms with Crippen LogP contribution in [0.2, 0.25) is 0 Å². The van der Waals surface area contributed by atoms with Gasteiger partial charge in [0, 0.05) is 44.6 Å². The Morgan fingerprint density at radius 2 is 1.84 bits per heavy atom. The second kappa shape index (κ2) is 7.01. The number of nitrogens with one attached hydrogen (secondary N) is 1. The highest BCUT2D eigenvalue weighted by Gasteiger charge is 2.27. The number of hydrogen-bond donors (Lipinski definition) is 1. The molecule has 0 atom stereocenters. The molecule has 25 heavy (non-hydrogen) atoms. The smallest absolute Gasteiger partial charge is 0.266 e. The summed E-state index contributed by atoms with van der Waals surface area (Å²) in [6.45, 7) is 3.26. The van der Waals surface area contributed by atoms with E-state index >= 15 is 0 Å². The minimum atomic E-state index is 0.0841. The van der Waals surface area contributed by atoms with Crippen LogP contribution in [0, 0.1) is 0 Å². The van der Waals surface area contributed by atoms with Crippen molar-refractivity contribution >= 4 is 23.2 Å². The fourth-order valence-corrected chi connectivity index (χ4v) is 3.97. The zero-order valence-corrected chi connectivity index (χ0v) is 14.9. The lowest BCUT2D eigenvalue weighted by atomic mass is 10.2. The molecule has 1 saturated heterocycles. The SMILES string of the molecule is O=C(CN1CCN(C(=O)c2sccc2-n2cccc2)CC1)NC1CC1. The van der Waals surface area contributed by atoms with Crippen LogP contribution in [0.4, 0.5) is 0 Å². The van der Waals surface area contributed by atoms with Crippen LogP contribution in [-0.2, 0) is 4.79 Å². The molecule has 4 rings (SSSR count). The first-order valence-electron chi connectivity index (χ1n) is 8.72. The standard InChI is InChI=1S/C18H22N4O2S/c23-16(19-14-3-4-14)13-20-8-10-22(11-9-20)18(24)17-15(5-12-25-17)21-6-1-2-7-21/h1-2,5-7,12,14H,3-4,8-11,13H2,(H,19,23). The first-order chi connectivity index (χ1) is 12.2. The van der Waals surface area contributed by atoms with Crippen molar-refractivity contribution in [3.63, 3.8) is 0 Å². The molecule has 0 radical (unpaired) electrons. The Bertz CT molecular complexity index is 743. The average molecular weight is 358 g/mol. The van der Waals surface area contributed by atoms with E-state index in [1.54, 1.807) is 0 Å². The summed E-state index contributed by atoms with van der Waals surface area (Å²) in [4.78, 5) is 29.6. The van der Waals surface area contributed by atoms with Crippen LogP contribution in [0.1, 0.15) is 22.5 Å². The van der Waals surface area contributed by atoms with E-state index in [4.69, 9.17) is 0 Å². The van der Waals surface area contributed by atoms with E-state index in [2.05, 4.69) is 10.2 Å². The first-order valence-corrected chi connectivity index (χ1v) is 9.60. The predicted octanol–water partition coefficient (Wildman–Crippen LogP) is 1.58. The van der Waals surface area contributed by atoms with Crippen LogP contribution in [-0.4, -0.2) is 64.9 Å². The molecule has 2 aliphatic rings. The van der Waals surface area contributed by atoms with E-state index in [1.807, 2.05) is 45.4 Å². The third kappa shape index (κ3) is 3.77. The molecule has 2 amide bonds. The van der Waals surface area contributed by atoms with E-state index in [-0.39, 0.29) is 11.8 Å². The third-order valence-corrected chi connectivity index (χ3v) is 5.58. The maximum atomic E-state index is 12.9. The van der Waals surface area contributed by atoms with Gasteiger partial charge in [-0.2, -0.15) is 0 Å². The largest absolute Gasteiger partial charge is 0.352 e. The summed E-state index contributed by atoms with van der Waals surface area (Å²) < 4.78 is 1.97. The van der Waals surface area contributed by atoms with Gasteiger partial charge in [0.05, 0.1) is 12.2 Å². The van der Waals surface area contributed by atoms with Gasteiger partial charge in [-0.3, -0.25) is 14.5 Å². The summed E-state index contributed by atoms with van der Waals surface area (Å²) in [5.41, 5.74) is 0.936. The van der Waals surface area contributed by atoms with Crippen molar-refractivity contribution in [2.75, 3.05) is 32.7 Å². The summed E-state index contributed by atoms with van der Waals surface area (Å²) in [5, 5.41) is 4.98. The van der Waals surface area contributed by atoms with Crippen LogP contribution in [0.5, 0.6) is 0 Å². The summed E-state index contributed by atoms with van der Waals surface area (Å²) in [6, 6.07) is 6.30. The second-order valence-corrected chi connectivity index (χ2v) is 7.55. The van der Waals surface area contributed by atoms with Gasteiger partial charge < -0.3 is 14.8 Å². The highest BCUT2D eigenvalue weighted by Crippen LogP contribution is 2.24. The lowest BCUT2D eigenvalue weighted by molar-refractivity contribution is -0.122. The third-order valence-electron chi connectivity index (χ3n) is 4.69. The van der Waals surface area contributed by atoms with Gasteiger partial charge in [0.15, 0.2) is 0 Å². The highest BCUT2D eigenvalue weighted by molar-refractivity contribution is 7.12. The number of amides is 2. The monoisotopic (exact) mass is 358 g/mol. The Balaban J connectivity index is 1.34. The van der Waals surface area contributed by atoms with Gasteiger partial charge in [-0.15, -0.1) is 11.3 Å². The number of rotatable bonds is 5. The van der Waals surface area contributed by atoms with Crippen molar-refractivity contribution in [3.8, 4) is 5.69 Å². The zero-order chi connectivity index (χ0) is 17.2. The van der Waals surface area contributed by atoms with Gasteiger partial charge in [-0.25, -0.2) is 0 Å². The maximum Gasteiger partial charge on any atom is 0.266 e. The fourth-order valence-electron chi connectivity index (χ4n) is 3.12. The molecule has 0 aromatic carbocycles. The zero-order valence-electron chi connectivity index (χ0n) is 14.1. The lowest BCUT2D eigenvalue weighted by Crippen LogP contribution is -2.51. The van der Waals surface area contributed by atoms with Gasteiger partial charge in [0.1, 0.15) is 4.88 Å². The molecule has 2 fully saturated rings. The molecule has 2 aromatic heterocycles. The number of piperazine rings is 1. The number of carbonyl (C=O) groups excluding carboxylic acids is 2. The Kier molecular flexibility index (Phi) is 4.59. The van der Waals surface area contributed by atoms with Crippen molar-refractivity contribution in [2.45, 2.75) is 18.9 Å². The quantitative estimate of drug-likeness (QED) is 0.883. The molecular formula is C18H22N4O2S. The molecule has 6 nitrogen and oxygen atoms in total. The first kappa shape index (κ1) is 16.4. The Morgan fingerprint density at radius 1 is 1.12 bits per heavy atom. The summed E-state index contributed by atoms with van der Waals surface area (Å²) >= 11 is 1.48. The van der Waals surface area contributed by atoms with Gasteiger partial charge >= 0.3 is 0 Å². The van der Waals surface area contributed by atoms with Crippen molar-refractivity contribution in [1.82, 2.24) is 19.7 Å². The second-order valence-electron chi connectivity index (χ2n) is 6.64. The molecule has 2 aromatic rings. The summed E-state index contributed by atoms with van der Waals surface area (Å²) in [5.74, 6) is 0.191. The molecule has 1 N–H and O–H groups in total. The molecule has 3 heterocycles. The van der Waals surface area contributed by atoms with Crippen LogP contribution >= 0.6 is 11.3 Å². The number of aromatic nitrogens is 1. The fraction of sp³-hybridized carbons (Fsp3) is 0.444. The van der Waals surface area contributed by atoms with Crippen LogP contribution in [0.3, 0.4) is 0 Å². The number of nitrogens with zero attached hydrogens (tertiary/aromatic N) is 3. The predicted molar refractivity (Wildman–Crippen MR) is 97.2 cm³/mol. The molecule has 1 saturated carbocycles. The normalized spacial score (nSPS) is 18.3. The Morgan fingerprint density at radius 3 is 2.52 bits per heavy atom.